The maximum absolute atomic E-state index is 13.0. The first-order valence-electron chi connectivity index (χ1n) is 14.9. The molecule has 0 atom stereocenters. The van der Waals surface area contributed by atoms with Crippen molar-refractivity contribution in [2.45, 2.75) is 65.5 Å². The average molecular weight is 648 g/mol. The number of carbonyl (C=O) groups excluding carboxylic acids is 1. The Morgan fingerprint density at radius 2 is 1.73 bits per heavy atom. The molecule has 11 heteroatoms. The summed E-state index contributed by atoms with van der Waals surface area (Å²) in [6.07, 6.45) is 2.88. The summed E-state index contributed by atoms with van der Waals surface area (Å²) in [6, 6.07) is 14.7. The number of sulfonamides is 1. The van der Waals surface area contributed by atoms with Crippen molar-refractivity contribution >= 4 is 38.4 Å². The van der Waals surface area contributed by atoms with Crippen molar-refractivity contribution < 1.29 is 17.9 Å². The summed E-state index contributed by atoms with van der Waals surface area (Å²) in [5.74, 6) is 0.196. The smallest absolute Gasteiger partial charge is 0.281 e. The van der Waals surface area contributed by atoms with E-state index in [1.165, 1.54) is 17.8 Å². The van der Waals surface area contributed by atoms with Gasteiger partial charge < -0.3 is 9.30 Å². The predicted octanol–water partition coefficient (Wildman–Crippen LogP) is 6.54. The Kier molecular flexibility index (Phi) is 9.36. The van der Waals surface area contributed by atoms with Crippen LogP contribution in [0.2, 0.25) is 5.02 Å². The number of carbonyl (C=O) groups is 1. The second-order valence-corrected chi connectivity index (χ2v) is 13.4. The average Bonchev–Trinajstić information content (AvgIpc) is 3.42. The second kappa shape index (κ2) is 13.1. The number of benzene rings is 2. The number of amides is 1. The van der Waals surface area contributed by atoms with Gasteiger partial charge in [-0.05, 0) is 88.4 Å². The molecule has 5 aromatic rings. The van der Waals surface area contributed by atoms with Crippen molar-refractivity contribution in [2.75, 3.05) is 6.61 Å². The van der Waals surface area contributed by atoms with Gasteiger partial charge in [0, 0.05) is 59.1 Å². The number of nitrogens with zero attached hydrogens (tertiary/aromatic N) is 4. The van der Waals surface area contributed by atoms with Crippen LogP contribution in [0.3, 0.4) is 0 Å². The molecule has 0 unspecified atom stereocenters. The highest BCUT2D eigenvalue weighted by atomic mass is 35.5. The van der Waals surface area contributed by atoms with Gasteiger partial charge in [-0.2, -0.15) is 13.5 Å². The van der Waals surface area contributed by atoms with Gasteiger partial charge in [0.25, 0.3) is 10.0 Å². The first-order chi connectivity index (χ1) is 21.4. The third kappa shape index (κ3) is 6.62. The van der Waals surface area contributed by atoms with E-state index in [0.29, 0.717) is 13.2 Å². The van der Waals surface area contributed by atoms with Gasteiger partial charge in [0.1, 0.15) is 5.75 Å². The largest absolute Gasteiger partial charge is 0.494 e. The van der Waals surface area contributed by atoms with Gasteiger partial charge >= 0.3 is 0 Å². The zero-order valence-electron chi connectivity index (χ0n) is 26.4. The molecular formula is C34H38ClN5O4S. The maximum atomic E-state index is 13.0. The standard InChI is InChI=1S/C34H38ClN5O4S/c1-21-19-26(20-22(2)33(21)35)44-18-10-13-27-24(4)40(17-15-30(41)38-45(42,43)31-14-7-8-16-36-31)34-28(27)11-9-12-29(34)32-23(3)37-39(6)25(32)5/h7-9,11-12,14,16,19-20H,10,13,15,17-18H2,1-6H3,(H,38,41). The number of halogens is 1. The molecule has 236 valence electrons. The van der Waals surface area contributed by atoms with Crippen LogP contribution in [0.15, 0.2) is 59.8 Å². The molecule has 5 rings (SSSR count). The van der Waals surface area contributed by atoms with Crippen LogP contribution >= 0.6 is 11.6 Å². The van der Waals surface area contributed by atoms with Crippen molar-refractivity contribution in [3.05, 3.63) is 93.5 Å². The van der Waals surface area contributed by atoms with E-state index in [0.717, 1.165) is 73.9 Å². The van der Waals surface area contributed by atoms with Crippen LogP contribution in [0.5, 0.6) is 5.75 Å². The van der Waals surface area contributed by atoms with E-state index in [9.17, 15) is 13.2 Å². The Morgan fingerprint density at radius 3 is 2.38 bits per heavy atom. The van der Waals surface area contributed by atoms with Crippen LogP contribution in [0.25, 0.3) is 22.0 Å². The van der Waals surface area contributed by atoms with Crippen LogP contribution in [-0.4, -0.2) is 40.3 Å². The van der Waals surface area contributed by atoms with E-state index in [2.05, 4.69) is 44.5 Å². The highest BCUT2D eigenvalue weighted by Crippen LogP contribution is 2.37. The van der Waals surface area contributed by atoms with Gasteiger partial charge in [-0.15, -0.1) is 0 Å². The minimum absolute atomic E-state index is 0.0339. The summed E-state index contributed by atoms with van der Waals surface area (Å²) >= 11 is 6.33. The molecule has 0 aliphatic rings. The molecule has 45 heavy (non-hydrogen) atoms. The van der Waals surface area contributed by atoms with Crippen LogP contribution in [0.4, 0.5) is 0 Å². The van der Waals surface area contributed by atoms with Crippen LogP contribution in [-0.2, 0) is 34.8 Å². The lowest BCUT2D eigenvalue weighted by Crippen LogP contribution is -2.31. The monoisotopic (exact) mass is 647 g/mol. The van der Waals surface area contributed by atoms with Crippen LogP contribution in [0, 0.1) is 34.6 Å². The van der Waals surface area contributed by atoms with Gasteiger partial charge in [0.2, 0.25) is 5.91 Å². The molecule has 0 saturated heterocycles. The lowest BCUT2D eigenvalue weighted by molar-refractivity contribution is -0.119. The fourth-order valence-corrected chi connectivity index (χ4v) is 7.04. The molecule has 0 radical (unpaired) electrons. The summed E-state index contributed by atoms with van der Waals surface area (Å²) in [7, 11) is -2.14. The molecule has 1 N–H and O–H groups in total. The molecule has 0 aliphatic heterocycles. The molecule has 3 aromatic heterocycles. The molecule has 0 bridgehead atoms. The second-order valence-electron chi connectivity index (χ2n) is 11.4. The predicted molar refractivity (Wildman–Crippen MR) is 177 cm³/mol. The summed E-state index contributed by atoms with van der Waals surface area (Å²) in [4.78, 5) is 16.8. The van der Waals surface area contributed by atoms with Crippen molar-refractivity contribution in [3.8, 4) is 16.9 Å². The fourth-order valence-electron chi connectivity index (χ4n) is 5.96. The molecule has 9 nitrogen and oxygen atoms in total. The Bertz CT molecular complexity index is 1980. The number of nitrogens with one attached hydrogen (secondary N) is 1. The molecule has 0 fully saturated rings. The third-order valence-electron chi connectivity index (χ3n) is 8.22. The fraction of sp³-hybridized carbons (Fsp3) is 0.324. The number of pyridine rings is 1. The third-order valence-corrected chi connectivity index (χ3v) is 10.1. The molecule has 0 aliphatic carbocycles. The van der Waals surface area contributed by atoms with E-state index in [1.54, 1.807) is 12.1 Å². The Labute approximate surface area is 269 Å². The van der Waals surface area contributed by atoms with Gasteiger partial charge in [0.05, 0.1) is 17.8 Å². The number of hydrogen-bond donors (Lipinski definition) is 1. The van der Waals surface area contributed by atoms with E-state index < -0.39 is 15.9 Å². The van der Waals surface area contributed by atoms with Gasteiger partial charge in [0.15, 0.2) is 5.03 Å². The van der Waals surface area contributed by atoms with Crippen molar-refractivity contribution in [3.63, 3.8) is 0 Å². The normalized spacial score (nSPS) is 11.7. The highest BCUT2D eigenvalue weighted by Gasteiger charge is 2.23. The summed E-state index contributed by atoms with van der Waals surface area (Å²) in [6.45, 7) is 10.9. The zero-order chi connectivity index (χ0) is 32.5. The maximum Gasteiger partial charge on any atom is 0.281 e. The summed E-state index contributed by atoms with van der Waals surface area (Å²) < 4.78 is 37.7. The zero-order valence-corrected chi connectivity index (χ0v) is 28.0. The Hall–Kier alpha value is -4.15. The Morgan fingerprint density at radius 1 is 1.00 bits per heavy atom. The SMILES string of the molecule is Cc1cc(OCCCc2c(C)n(CCC(=O)NS(=O)(=O)c3ccccn3)c3c(-c4c(C)nn(C)c4C)cccc23)cc(C)c1Cl. The minimum atomic E-state index is -4.07. The van der Waals surface area contributed by atoms with E-state index in [4.69, 9.17) is 16.3 Å². The first kappa shape index (κ1) is 32.2. The van der Waals surface area contributed by atoms with Gasteiger partial charge in [-0.25, -0.2) is 9.71 Å². The van der Waals surface area contributed by atoms with E-state index >= 15 is 0 Å². The lowest BCUT2D eigenvalue weighted by Gasteiger charge is -2.13. The van der Waals surface area contributed by atoms with E-state index in [-0.39, 0.29) is 11.4 Å². The van der Waals surface area contributed by atoms with Gasteiger partial charge in [-0.1, -0.05) is 35.9 Å². The number of aromatic nitrogens is 4. The first-order valence-corrected chi connectivity index (χ1v) is 16.7. The van der Waals surface area contributed by atoms with Gasteiger partial charge in [-0.3, -0.25) is 9.48 Å². The summed E-state index contributed by atoms with van der Waals surface area (Å²) in [5.41, 5.74) is 9.17. The molecule has 3 heterocycles. The topological polar surface area (TPSA) is 108 Å². The number of fused-ring (bicyclic) bond motifs is 1. The summed E-state index contributed by atoms with van der Waals surface area (Å²) in [5, 5.41) is 6.30. The molecular weight excluding hydrogens is 610 g/mol. The van der Waals surface area contributed by atoms with Crippen molar-refractivity contribution in [1.82, 2.24) is 24.1 Å². The number of rotatable bonds is 11. The van der Waals surface area contributed by atoms with Crippen molar-refractivity contribution in [1.29, 1.82) is 0 Å². The minimum Gasteiger partial charge on any atom is -0.494 e. The van der Waals surface area contributed by atoms with Crippen LogP contribution < -0.4 is 9.46 Å². The number of hydrogen-bond acceptors (Lipinski definition) is 6. The quantitative estimate of drug-likeness (QED) is 0.163. The highest BCUT2D eigenvalue weighted by molar-refractivity contribution is 7.90. The number of aryl methyl sites for hydroxylation is 6. The molecule has 1 amide bonds. The Balaban J connectivity index is 1.44. The number of ether oxygens (including phenoxy) is 1. The molecule has 0 spiro atoms. The van der Waals surface area contributed by atoms with Crippen LogP contribution in [0.1, 0.15) is 46.6 Å². The number of para-hydroxylation sites is 1. The lowest BCUT2D eigenvalue weighted by atomic mass is 9.98. The van der Waals surface area contributed by atoms with Crippen molar-refractivity contribution in [2.24, 2.45) is 7.05 Å². The van der Waals surface area contributed by atoms with E-state index in [1.807, 2.05) is 51.6 Å². The molecule has 2 aromatic carbocycles. The molecule has 0 saturated carbocycles.